The van der Waals surface area contributed by atoms with Crippen LogP contribution in [0.3, 0.4) is 0 Å². The summed E-state index contributed by atoms with van der Waals surface area (Å²) < 4.78 is 0. The maximum Gasteiger partial charge on any atom is 0.219 e. The van der Waals surface area contributed by atoms with Gasteiger partial charge in [0, 0.05) is 19.3 Å². The third-order valence-electron chi connectivity index (χ3n) is 12.3. The van der Waals surface area contributed by atoms with Crippen molar-refractivity contribution in [2.45, 2.75) is 276 Å². The number of aliphatic hydroxyl groups excluding tert-OH is 1. The van der Waals surface area contributed by atoms with E-state index in [0.29, 0.717) is 19.3 Å². The molecule has 2 unspecified atom stereocenters. The largest absolute Gasteiger partial charge is 0.393 e. The van der Waals surface area contributed by atoms with Gasteiger partial charge in [-0.1, -0.05) is 211 Å². The highest BCUT2D eigenvalue weighted by molar-refractivity contribution is 6.16. The average molecular weight is 855 g/mol. The maximum absolute atomic E-state index is 13.8. The van der Waals surface area contributed by atoms with Gasteiger partial charge in [0.2, 0.25) is 5.60 Å². The number of allylic oxidation sites excluding steroid dienone is 8. The highest BCUT2D eigenvalue weighted by Gasteiger charge is 2.62. The minimum absolute atomic E-state index is 0.104. The number of hydrogen-bond acceptors (Lipinski definition) is 6. The number of aliphatic hydroxyl groups is 3. The van der Waals surface area contributed by atoms with Crippen LogP contribution in [-0.2, 0) is 14.4 Å². The first-order chi connectivity index (χ1) is 29.8. The molecule has 2 atom stereocenters. The van der Waals surface area contributed by atoms with Crippen LogP contribution in [0.25, 0.3) is 0 Å². The van der Waals surface area contributed by atoms with Crippen LogP contribution in [0.1, 0.15) is 265 Å². The summed E-state index contributed by atoms with van der Waals surface area (Å²) in [5.74, 6) is -2.51. The van der Waals surface area contributed by atoms with Crippen LogP contribution in [0.5, 0.6) is 0 Å². The van der Waals surface area contributed by atoms with Gasteiger partial charge in [0.25, 0.3) is 0 Å². The van der Waals surface area contributed by atoms with E-state index in [9.17, 15) is 29.7 Å². The van der Waals surface area contributed by atoms with Gasteiger partial charge in [0.1, 0.15) is 0 Å². The number of rotatable bonds is 47. The molecule has 0 aliphatic carbocycles. The van der Waals surface area contributed by atoms with Gasteiger partial charge in [-0.05, 0) is 83.5 Å². The summed E-state index contributed by atoms with van der Waals surface area (Å²) in [5, 5.41) is 34.0. The fourth-order valence-corrected chi connectivity index (χ4v) is 8.09. The molecule has 61 heavy (non-hydrogen) atoms. The smallest absolute Gasteiger partial charge is 0.219 e. The zero-order chi connectivity index (χ0) is 45.0. The summed E-state index contributed by atoms with van der Waals surface area (Å²) in [7, 11) is 0. The Balaban J connectivity index is 5.02. The molecule has 354 valence electrons. The molecule has 0 aromatic rings. The summed E-state index contributed by atoms with van der Waals surface area (Å²) in [6.45, 7) is 5.52. The zero-order valence-electron chi connectivity index (χ0n) is 40.3. The number of ketones is 3. The molecule has 0 heterocycles. The van der Waals surface area contributed by atoms with Crippen LogP contribution in [-0.4, -0.2) is 50.5 Å². The normalized spacial score (nSPS) is 14.2. The third-order valence-corrected chi connectivity index (χ3v) is 12.3. The van der Waals surface area contributed by atoms with Crippen molar-refractivity contribution < 1.29 is 29.7 Å². The highest BCUT2D eigenvalue weighted by atomic mass is 16.4. The Morgan fingerprint density at radius 2 is 0.590 bits per heavy atom. The lowest BCUT2D eigenvalue weighted by Crippen LogP contribution is -2.69. The van der Waals surface area contributed by atoms with E-state index in [1.165, 1.54) is 89.9 Å². The van der Waals surface area contributed by atoms with Gasteiger partial charge in [-0.3, -0.25) is 14.4 Å². The van der Waals surface area contributed by atoms with Crippen LogP contribution in [0, 0.1) is 0 Å². The fraction of sp³-hybridized carbons (Fsp3) is 0.800. The number of Topliss-reactive ketones (excluding diaryl/α,β-unsaturated/α-hetero) is 3. The molecule has 0 aliphatic heterocycles. The lowest BCUT2D eigenvalue weighted by molar-refractivity contribution is -0.194. The van der Waals surface area contributed by atoms with Crippen LogP contribution in [0.4, 0.5) is 0 Å². The number of hydrogen-bond donors (Lipinski definition) is 3. The predicted octanol–water partition coefficient (Wildman–Crippen LogP) is 15.3. The molecule has 0 aromatic carbocycles. The molecule has 0 aliphatic rings. The van der Waals surface area contributed by atoms with Crippen molar-refractivity contribution in [1.29, 1.82) is 0 Å². The van der Waals surface area contributed by atoms with Crippen molar-refractivity contribution in [3.05, 3.63) is 48.6 Å². The van der Waals surface area contributed by atoms with Crippen molar-refractivity contribution in [1.82, 2.24) is 0 Å². The molecule has 0 fully saturated rings. The molecule has 0 saturated heterocycles. The second-order valence-corrected chi connectivity index (χ2v) is 18.0. The van der Waals surface area contributed by atoms with E-state index < -0.39 is 35.2 Å². The molecule has 0 radical (unpaired) electrons. The first kappa shape index (κ1) is 58.9. The van der Waals surface area contributed by atoms with Gasteiger partial charge in [0.15, 0.2) is 23.0 Å². The van der Waals surface area contributed by atoms with E-state index in [0.717, 1.165) is 116 Å². The van der Waals surface area contributed by atoms with Gasteiger partial charge in [0.05, 0.1) is 6.61 Å². The summed E-state index contributed by atoms with van der Waals surface area (Å²) in [6.07, 6.45) is 54.6. The van der Waals surface area contributed by atoms with Crippen molar-refractivity contribution >= 4 is 17.3 Å². The highest BCUT2D eigenvalue weighted by Crippen LogP contribution is 2.32. The van der Waals surface area contributed by atoms with E-state index in [2.05, 4.69) is 69.4 Å². The minimum atomic E-state index is -2.94. The lowest BCUT2D eigenvalue weighted by Gasteiger charge is -2.39. The van der Waals surface area contributed by atoms with Crippen LogP contribution >= 0.6 is 0 Å². The molecule has 0 spiro atoms. The minimum Gasteiger partial charge on any atom is -0.393 e. The summed E-state index contributed by atoms with van der Waals surface area (Å²) >= 11 is 0. The van der Waals surface area contributed by atoms with Crippen molar-refractivity contribution in [2.75, 3.05) is 6.61 Å². The standard InChI is InChI=1S/C55H98O6/c1-4-7-10-13-16-19-22-25-27-30-32-35-38-41-44-47-51(57)54(60,50-56)55(61,52(58)48-45-42-39-36-33-29-24-21-18-15-12-9-6-3)53(59)49-46-43-40-37-34-31-28-26-23-20-17-14-11-8-5-2/h16-17,19-20,25-28,56,60-61H,4-15,18,21-24,29-50H2,1-3H3/b19-16-,20-17-,27-25-,28-26-. The molecule has 6 heteroatoms. The van der Waals surface area contributed by atoms with Crippen molar-refractivity contribution in [3.8, 4) is 0 Å². The Hall–Kier alpha value is -2.15. The second-order valence-electron chi connectivity index (χ2n) is 18.0. The van der Waals surface area contributed by atoms with E-state index in [1.807, 2.05) is 0 Å². The monoisotopic (exact) mass is 855 g/mol. The zero-order valence-corrected chi connectivity index (χ0v) is 40.3. The molecule has 0 rings (SSSR count). The maximum atomic E-state index is 13.8. The molecule has 0 aromatic heterocycles. The molecule has 0 bridgehead atoms. The fourth-order valence-electron chi connectivity index (χ4n) is 8.09. The first-order valence-corrected chi connectivity index (χ1v) is 26.0. The summed E-state index contributed by atoms with van der Waals surface area (Å²) in [4.78, 5) is 41.1. The van der Waals surface area contributed by atoms with Crippen LogP contribution < -0.4 is 0 Å². The average Bonchev–Trinajstić information content (AvgIpc) is 3.26. The van der Waals surface area contributed by atoms with Gasteiger partial charge >= 0.3 is 0 Å². The van der Waals surface area contributed by atoms with E-state index in [-0.39, 0.29) is 19.3 Å². The van der Waals surface area contributed by atoms with E-state index in [1.54, 1.807) is 0 Å². The molecule has 3 N–H and O–H groups in total. The quantitative estimate of drug-likeness (QED) is 0.0319. The van der Waals surface area contributed by atoms with Crippen LogP contribution in [0.15, 0.2) is 48.6 Å². The van der Waals surface area contributed by atoms with Gasteiger partial charge < -0.3 is 15.3 Å². The first-order valence-electron chi connectivity index (χ1n) is 26.0. The number of carbonyl (C=O) groups excluding carboxylic acids is 3. The van der Waals surface area contributed by atoms with Gasteiger partial charge in [-0.2, -0.15) is 0 Å². The topological polar surface area (TPSA) is 112 Å². The Labute approximate surface area is 377 Å². The Morgan fingerprint density at radius 1 is 0.344 bits per heavy atom. The third kappa shape index (κ3) is 30.6. The molecular weight excluding hydrogens is 757 g/mol. The Bertz CT molecular complexity index is 1150. The summed E-state index contributed by atoms with van der Waals surface area (Å²) in [5.41, 5.74) is -5.79. The van der Waals surface area contributed by atoms with Gasteiger partial charge in [-0.15, -0.1) is 0 Å². The number of carbonyl (C=O) groups is 3. The molecule has 0 amide bonds. The summed E-state index contributed by atoms with van der Waals surface area (Å²) in [6, 6.07) is 0. The van der Waals surface area contributed by atoms with E-state index in [4.69, 9.17) is 0 Å². The van der Waals surface area contributed by atoms with Gasteiger partial charge in [-0.25, -0.2) is 0 Å². The SMILES string of the molecule is CCCCC/C=C\C/C=C\CCCCCCCC(=O)C(O)(CO)C(O)(C(=O)CCCCCCC/C=C\C/C=C\CCCCC)C(=O)CCCCCCCCCCCCCCC. The number of unbranched alkanes of at least 4 members (excludes halogenated alkanes) is 28. The second kappa shape index (κ2) is 43.1. The molecule has 6 nitrogen and oxygen atoms in total. The molecular formula is C55H98O6. The Kier molecular flexibility index (Phi) is 41.6. The van der Waals surface area contributed by atoms with Crippen molar-refractivity contribution in [3.63, 3.8) is 0 Å². The lowest BCUT2D eigenvalue weighted by atomic mass is 9.71. The predicted molar refractivity (Wildman–Crippen MR) is 261 cm³/mol. The Morgan fingerprint density at radius 3 is 0.902 bits per heavy atom. The van der Waals surface area contributed by atoms with Crippen LogP contribution in [0.2, 0.25) is 0 Å². The van der Waals surface area contributed by atoms with E-state index >= 15 is 0 Å². The van der Waals surface area contributed by atoms with Crippen molar-refractivity contribution in [2.24, 2.45) is 0 Å². The molecule has 0 saturated carbocycles.